The number of ether oxygens (including phenoxy) is 3. The van der Waals surface area contributed by atoms with E-state index in [0.29, 0.717) is 6.61 Å². The van der Waals surface area contributed by atoms with Gasteiger partial charge in [0.15, 0.2) is 0 Å². The van der Waals surface area contributed by atoms with Crippen LogP contribution in [0.15, 0.2) is 72.9 Å². The van der Waals surface area contributed by atoms with Gasteiger partial charge in [-0.05, 0) is 62.4 Å². The molecule has 128 valence electrons. The SMILES string of the molecule is Cc1ccc(OC(C)COc2ccc(Oc3ccccc3)cc2)cn1. The second-order valence-electron chi connectivity index (χ2n) is 5.76. The van der Waals surface area contributed by atoms with Crippen molar-refractivity contribution in [3.05, 3.63) is 78.6 Å². The lowest BCUT2D eigenvalue weighted by Crippen LogP contribution is -2.21. The molecule has 0 aliphatic heterocycles. The van der Waals surface area contributed by atoms with Crippen LogP contribution in [0.3, 0.4) is 0 Å². The smallest absolute Gasteiger partial charge is 0.138 e. The van der Waals surface area contributed by atoms with Gasteiger partial charge in [0.2, 0.25) is 0 Å². The van der Waals surface area contributed by atoms with Crippen LogP contribution < -0.4 is 14.2 Å². The van der Waals surface area contributed by atoms with Gasteiger partial charge in [0.1, 0.15) is 35.7 Å². The molecule has 0 N–H and O–H groups in total. The van der Waals surface area contributed by atoms with Crippen LogP contribution >= 0.6 is 0 Å². The molecule has 0 aliphatic carbocycles. The van der Waals surface area contributed by atoms with Gasteiger partial charge in [0.05, 0.1) is 6.20 Å². The van der Waals surface area contributed by atoms with E-state index in [4.69, 9.17) is 14.2 Å². The van der Waals surface area contributed by atoms with E-state index in [1.807, 2.05) is 80.6 Å². The van der Waals surface area contributed by atoms with Crippen molar-refractivity contribution in [3.63, 3.8) is 0 Å². The maximum atomic E-state index is 5.78. The zero-order valence-electron chi connectivity index (χ0n) is 14.4. The third-order valence-corrected chi connectivity index (χ3v) is 3.51. The fraction of sp³-hybridized carbons (Fsp3) is 0.190. The maximum absolute atomic E-state index is 5.78. The molecular formula is C21H21NO3. The molecule has 1 aromatic heterocycles. The third-order valence-electron chi connectivity index (χ3n) is 3.51. The minimum Gasteiger partial charge on any atom is -0.490 e. The lowest BCUT2D eigenvalue weighted by Gasteiger charge is -2.15. The van der Waals surface area contributed by atoms with Crippen molar-refractivity contribution in [2.75, 3.05) is 6.61 Å². The van der Waals surface area contributed by atoms with Crippen LogP contribution in [0.5, 0.6) is 23.0 Å². The van der Waals surface area contributed by atoms with Crippen LogP contribution in [0.25, 0.3) is 0 Å². The summed E-state index contributed by atoms with van der Waals surface area (Å²) in [7, 11) is 0. The van der Waals surface area contributed by atoms with Crippen LogP contribution in [-0.2, 0) is 0 Å². The molecule has 1 unspecified atom stereocenters. The van der Waals surface area contributed by atoms with E-state index in [2.05, 4.69) is 4.98 Å². The van der Waals surface area contributed by atoms with Crippen LogP contribution in [0.1, 0.15) is 12.6 Å². The van der Waals surface area contributed by atoms with Crippen LogP contribution in [0, 0.1) is 6.92 Å². The molecule has 0 spiro atoms. The molecule has 25 heavy (non-hydrogen) atoms. The normalized spacial score (nSPS) is 11.6. The fourth-order valence-corrected chi connectivity index (χ4v) is 2.23. The van der Waals surface area contributed by atoms with Gasteiger partial charge in [-0.15, -0.1) is 0 Å². The topological polar surface area (TPSA) is 40.6 Å². The quantitative estimate of drug-likeness (QED) is 0.607. The van der Waals surface area contributed by atoms with Crippen molar-refractivity contribution in [3.8, 4) is 23.0 Å². The molecule has 0 saturated heterocycles. The highest BCUT2D eigenvalue weighted by molar-refractivity contribution is 5.35. The second-order valence-corrected chi connectivity index (χ2v) is 5.76. The van der Waals surface area contributed by atoms with Gasteiger partial charge >= 0.3 is 0 Å². The van der Waals surface area contributed by atoms with Gasteiger partial charge in [-0.3, -0.25) is 4.98 Å². The highest BCUT2D eigenvalue weighted by atomic mass is 16.5. The van der Waals surface area contributed by atoms with Crippen molar-refractivity contribution in [2.24, 2.45) is 0 Å². The van der Waals surface area contributed by atoms with E-state index in [9.17, 15) is 0 Å². The van der Waals surface area contributed by atoms with Crippen molar-refractivity contribution < 1.29 is 14.2 Å². The van der Waals surface area contributed by atoms with Gasteiger partial charge in [-0.25, -0.2) is 0 Å². The summed E-state index contributed by atoms with van der Waals surface area (Å²) in [6.45, 7) is 4.36. The zero-order valence-corrected chi connectivity index (χ0v) is 14.4. The first-order valence-corrected chi connectivity index (χ1v) is 8.24. The minimum atomic E-state index is -0.0789. The van der Waals surface area contributed by atoms with Crippen LogP contribution in [0.4, 0.5) is 0 Å². The van der Waals surface area contributed by atoms with Crippen molar-refractivity contribution >= 4 is 0 Å². The standard InChI is InChI=1S/C21H21NO3/c1-16-8-9-21(14-22-16)24-17(2)15-23-18-10-12-20(13-11-18)25-19-6-4-3-5-7-19/h3-14,17H,15H2,1-2H3. The summed E-state index contributed by atoms with van der Waals surface area (Å²) < 4.78 is 17.3. The number of rotatable bonds is 7. The highest BCUT2D eigenvalue weighted by Gasteiger charge is 2.06. The molecule has 0 aliphatic rings. The van der Waals surface area contributed by atoms with E-state index < -0.39 is 0 Å². The number of para-hydroxylation sites is 1. The molecule has 1 atom stereocenters. The summed E-state index contributed by atoms with van der Waals surface area (Å²) in [4.78, 5) is 4.21. The predicted octanol–water partition coefficient (Wildman–Crippen LogP) is 5.03. The number of hydrogen-bond acceptors (Lipinski definition) is 4. The van der Waals surface area contributed by atoms with Gasteiger partial charge in [-0.1, -0.05) is 18.2 Å². The number of aromatic nitrogens is 1. The molecule has 2 aromatic carbocycles. The van der Waals surface area contributed by atoms with Crippen molar-refractivity contribution in [2.45, 2.75) is 20.0 Å². The Kier molecular flexibility index (Phi) is 5.52. The number of aryl methyl sites for hydroxylation is 1. The number of pyridine rings is 1. The first kappa shape index (κ1) is 16.8. The Morgan fingerprint density at radius 1 is 0.800 bits per heavy atom. The average molecular weight is 335 g/mol. The second kappa shape index (κ2) is 8.20. The van der Waals surface area contributed by atoms with E-state index in [-0.39, 0.29) is 6.10 Å². The summed E-state index contributed by atoms with van der Waals surface area (Å²) >= 11 is 0. The first-order chi connectivity index (χ1) is 12.2. The molecule has 1 heterocycles. The molecule has 0 saturated carbocycles. The minimum absolute atomic E-state index is 0.0789. The number of nitrogens with zero attached hydrogens (tertiary/aromatic N) is 1. The van der Waals surface area contributed by atoms with E-state index in [1.54, 1.807) is 6.20 Å². The van der Waals surface area contributed by atoms with Crippen LogP contribution in [-0.4, -0.2) is 17.7 Å². The number of benzene rings is 2. The van der Waals surface area contributed by atoms with Gasteiger partial charge < -0.3 is 14.2 Å². The largest absolute Gasteiger partial charge is 0.490 e. The molecule has 0 amide bonds. The Balaban J connectivity index is 1.48. The van der Waals surface area contributed by atoms with E-state index in [1.165, 1.54) is 0 Å². The van der Waals surface area contributed by atoms with Crippen molar-refractivity contribution in [1.82, 2.24) is 4.98 Å². The Morgan fingerprint density at radius 3 is 2.12 bits per heavy atom. The molecule has 0 fully saturated rings. The lowest BCUT2D eigenvalue weighted by atomic mass is 10.3. The Labute approximate surface area is 148 Å². The molecule has 4 heteroatoms. The summed E-state index contributed by atoms with van der Waals surface area (Å²) in [6, 6.07) is 21.1. The average Bonchev–Trinajstić information content (AvgIpc) is 2.64. The third kappa shape index (κ3) is 5.24. The summed E-state index contributed by atoms with van der Waals surface area (Å²) in [5.41, 5.74) is 0.967. The lowest BCUT2D eigenvalue weighted by molar-refractivity contribution is 0.142. The molecule has 0 bridgehead atoms. The first-order valence-electron chi connectivity index (χ1n) is 8.24. The predicted molar refractivity (Wildman–Crippen MR) is 97.5 cm³/mol. The van der Waals surface area contributed by atoms with Gasteiger partial charge in [0, 0.05) is 5.69 Å². The molecule has 4 nitrogen and oxygen atoms in total. The molecule has 3 aromatic rings. The van der Waals surface area contributed by atoms with Crippen molar-refractivity contribution in [1.29, 1.82) is 0 Å². The van der Waals surface area contributed by atoms with E-state index in [0.717, 1.165) is 28.7 Å². The monoisotopic (exact) mass is 335 g/mol. The highest BCUT2D eigenvalue weighted by Crippen LogP contribution is 2.23. The molecule has 3 rings (SSSR count). The van der Waals surface area contributed by atoms with E-state index >= 15 is 0 Å². The van der Waals surface area contributed by atoms with Gasteiger partial charge in [-0.2, -0.15) is 0 Å². The molecular weight excluding hydrogens is 314 g/mol. The zero-order chi connectivity index (χ0) is 17.5. The summed E-state index contributed by atoms with van der Waals surface area (Å²) in [5.74, 6) is 3.10. The Morgan fingerprint density at radius 2 is 1.44 bits per heavy atom. The summed E-state index contributed by atoms with van der Waals surface area (Å²) in [6.07, 6.45) is 1.64. The Bertz CT molecular complexity index is 771. The van der Waals surface area contributed by atoms with Gasteiger partial charge in [0.25, 0.3) is 0 Å². The Hall–Kier alpha value is -3.01. The summed E-state index contributed by atoms with van der Waals surface area (Å²) in [5, 5.41) is 0. The number of hydrogen-bond donors (Lipinski definition) is 0. The van der Waals surface area contributed by atoms with Crippen LogP contribution in [0.2, 0.25) is 0 Å². The fourth-order valence-electron chi connectivity index (χ4n) is 2.23. The maximum Gasteiger partial charge on any atom is 0.138 e. The molecule has 0 radical (unpaired) electrons.